The van der Waals surface area contributed by atoms with Crippen LogP contribution in [0.2, 0.25) is 0 Å². The number of nitrogens with one attached hydrogen (secondary N) is 5. The third kappa shape index (κ3) is 10.7. The van der Waals surface area contributed by atoms with Crippen LogP contribution in [-0.4, -0.2) is 54.1 Å². The molecule has 2 aliphatic carbocycles. The first-order valence-electron chi connectivity index (χ1n) is 19.6. The zero-order valence-corrected chi connectivity index (χ0v) is 33.3. The fourth-order valence-electron chi connectivity index (χ4n) is 8.49. The Morgan fingerprint density at radius 1 is 0.960 bits per heavy atom. The van der Waals surface area contributed by atoms with Gasteiger partial charge in [-0.15, -0.1) is 6.58 Å². The van der Waals surface area contributed by atoms with Crippen molar-refractivity contribution >= 4 is 5.91 Å². The summed E-state index contributed by atoms with van der Waals surface area (Å²) in [4.78, 5) is 16.8. The predicted molar refractivity (Wildman–Crippen MR) is 214 cm³/mol. The van der Waals surface area contributed by atoms with E-state index in [0.29, 0.717) is 17.9 Å². The Morgan fingerprint density at radius 3 is 2.20 bits per heavy atom. The van der Waals surface area contributed by atoms with Gasteiger partial charge in [-0.05, 0) is 86.5 Å². The minimum absolute atomic E-state index is 0.000328. The van der Waals surface area contributed by atoms with Crippen molar-refractivity contribution < 1.29 is 4.79 Å². The van der Waals surface area contributed by atoms with Crippen molar-refractivity contribution in [3.05, 3.63) is 74.0 Å². The van der Waals surface area contributed by atoms with Gasteiger partial charge in [-0.1, -0.05) is 106 Å². The van der Waals surface area contributed by atoms with Crippen molar-refractivity contribution in [3.8, 4) is 0 Å². The van der Waals surface area contributed by atoms with Crippen LogP contribution in [0.1, 0.15) is 120 Å². The zero-order chi connectivity index (χ0) is 37.4. The molecular formula is C43H74N6O. The van der Waals surface area contributed by atoms with Crippen LogP contribution in [0.3, 0.4) is 0 Å². The number of fused-ring (bicyclic) bond motifs is 1. The minimum Gasteiger partial charge on any atom is -0.387 e. The van der Waals surface area contributed by atoms with Gasteiger partial charge in [0.2, 0.25) is 5.91 Å². The van der Waals surface area contributed by atoms with Gasteiger partial charge in [0.1, 0.15) is 6.04 Å². The second kappa shape index (κ2) is 17.9. The van der Waals surface area contributed by atoms with Gasteiger partial charge in [0, 0.05) is 42.3 Å². The first kappa shape index (κ1) is 41.3. The molecule has 0 radical (unpaired) electrons. The molecule has 4 unspecified atom stereocenters. The fraction of sp³-hybridized carbons (Fsp3) is 0.698. The predicted octanol–water partition coefficient (Wildman–Crippen LogP) is 8.28. The Balaban J connectivity index is 1.82. The van der Waals surface area contributed by atoms with E-state index in [1.165, 1.54) is 19.3 Å². The van der Waals surface area contributed by atoms with Crippen molar-refractivity contribution in [2.45, 2.75) is 150 Å². The number of piperidine rings is 1. The highest BCUT2D eigenvalue weighted by molar-refractivity contribution is 5.84. The Bertz CT molecular complexity index is 1230. The van der Waals surface area contributed by atoms with Crippen molar-refractivity contribution in [2.24, 2.45) is 28.6 Å². The summed E-state index contributed by atoms with van der Waals surface area (Å²) in [6.45, 7) is 45.5. The lowest BCUT2D eigenvalue weighted by Crippen LogP contribution is -2.54. The van der Waals surface area contributed by atoms with Crippen LogP contribution in [0.25, 0.3) is 0 Å². The second-order valence-electron chi connectivity index (χ2n) is 17.4. The highest BCUT2D eigenvalue weighted by Gasteiger charge is 2.69. The van der Waals surface area contributed by atoms with E-state index in [-0.39, 0.29) is 46.8 Å². The Labute approximate surface area is 307 Å². The van der Waals surface area contributed by atoms with Crippen LogP contribution in [0.5, 0.6) is 0 Å². The maximum Gasteiger partial charge on any atom is 0.243 e. The van der Waals surface area contributed by atoms with Crippen molar-refractivity contribution in [3.63, 3.8) is 0 Å². The molecule has 0 bridgehead atoms. The van der Waals surface area contributed by atoms with Crippen molar-refractivity contribution in [1.82, 2.24) is 31.5 Å². The van der Waals surface area contributed by atoms with Gasteiger partial charge in [-0.3, -0.25) is 4.79 Å². The molecule has 50 heavy (non-hydrogen) atoms. The molecule has 3 aliphatic rings. The molecule has 2 saturated carbocycles. The maximum atomic E-state index is 14.5. The summed E-state index contributed by atoms with van der Waals surface area (Å²) in [7, 11) is 0. The summed E-state index contributed by atoms with van der Waals surface area (Å²) in [5.74, 6) is 2.09. The van der Waals surface area contributed by atoms with Crippen LogP contribution >= 0.6 is 0 Å². The molecule has 0 aromatic carbocycles. The number of likely N-dealkylation sites (tertiary alicyclic amines) is 1. The third-order valence-electron chi connectivity index (χ3n) is 11.7. The van der Waals surface area contributed by atoms with E-state index in [0.717, 1.165) is 86.5 Å². The first-order chi connectivity index (χ1) is 23.4. The summed E-state index contributed by atoms with van der Waals surface area (Å²) in [5, 5.41) is 17.9. The Kier molecular flexibility index (Phi) is 14.8. The lowest BCUT2D eigenvalue weighted by Gasteiger charge is -2.42. The SMILES string of the molecule is C=CCCNC(=C)C(=C)C(CCC)NC(=O)C1[C@@H]2[C@H](CN1C(=C)C(NC(=C)NC(CCC(=C)NC(C)C)C(C)(C)C)C1CCCCC1)C2(C)C. The average molecular weight is 691 g/mol. The minimum atomic E-state index is -0.271. The van der Waals surface area contributed by atoms with Crippen LogP contribution in [0.4, 0.5) is 0 Å². The first-order valence-corrected chi connectivity index (χ1v) is 19.6. The zero-order valence-electron chi connectivity index (χ0n) is 33.3. The topological polar surface area (TPSA) is 80.5 Å². The van der Waals surface area contributed by atoms with Gasteiger partial charge < -0.3 is 31.5 Å². The molecule has 6 atom stereocenters. The van der Waals surface area contributed by atoms with E-state index in [9.17, 15) is 4.79 Å². The fourth-order valence-corrected chi connectivity index (χ4v) is 8.49. The van der Waals surface area contributed by atoms with Gasteiger partial charge in [0.05, 0.1) is 17.9 Å². The molecule has 3 fully saturated rings. The molecule has 7 nitrogen and oxygen atoms in total. The number of amides is 1. The summed E-state index contributed by atoms with van der Waals surface area (Å²) >= 11 is 0. The van der Waals surface area contributed by atoms with E-state index in [1.807, 2.05) is 6.08 Å². The highest BCUT2D eigenvalue weighted by atomic mass is 16.2. The van der Waals surface area contributed by atoms with Gasteiger partial charge in [0.25, 0.3) is 0 Å². The molecule has 1 aliphatic heterocycles. The number of rotatable bonds is 22. The number of carbonyl (C=O) groups excluding carboxylic acids is 1. The summed E-state index contributed by atoms with van der Waals surface area (Å²) in [5.41, 5.74) is 3.87. The molecule has 1 heterocycles. The lowest BCUT2D eigenvalue weighted by atomic mass is 9.82. The standard InChI is InChI=1S/C43H74N6O/c1-15-17-26-44-31(7)30(6)36(21-16-2)48-41(50)40-38-35(43(38,13)14)27-49(40)32(8)39(34-22-19-18-20-23-34)47-33(9)46-37(42(10,11)12)25-24-29(5)45-28(3)4/h15,28,34-40,44-47H,1,5-9,16-27H2,2-4,10-14H3,(H,48,50)/t35-,36?,37?,38-,39?,40?/m0/s1. The van der Waals surface area contributed by atoms with Gasteiger partial charge >= 0.3 is 0 Å². The van der Waals surface area contributed by atoms with Crippen molar-refractivity contribution in [2.75, 3.05) is 13.1 Å². The summed E-state index contributed by atoms with van der Waals surface area (Å²) < 4.78 is 0. The number of carbonyl (C=O) groups is 1. The van der Waals surface area contributed by atoms with Gasteiger partial charge in [-0.25, -0.2) is 0 Å². The molecule has 5 N–H and O–H groups in total. The smallest absolute Gasteiger partial charge is 0.243 e. The maximum absolute atomic E-state index is 14.5. The molecule has 3 rings (SSSR count). The Hall–Kier alpha value is -3.09. The van der Waals surface area contributed by atoms with E-state index in [2.05, 4.69) is 120 Å². The summed E-state index contributed by atoms with van der Waals surface area (Å²) in [6, 6.07) is 0.129. The number of allylic oxidation sites excluding steroid dienone is 1. The van der Waals surface area contributed by atoms with E-state index in [4.69, 9.17) is 6.58 Å². The van der Waals surface area contributed by atoms with Gasteiger partial charge in [-0.2, -0.15) is 0 Å². The monoisotopic (exact) mass is 691 g/mol. The van der Waals surface area contributed by atoms with E-state index < -0.39 is 0 Å². The quantitative estimate of drug-likeness (QED) is 0.0447. The molecule has 7 heteroatoms. The second-order valence-corrected chi connectivity index (χ2v) is 17.4. The van der Waals surface area contributed by atoms with E-state index in [1.54, 1.807) is 0 Å². The molecule has 1 saturated heterocycles. The highest BCUT2D eigenvalue weighted by Crippen LogP contribution is 2.65. The largest absolute Gasteiger partial charge is 0.387 e. The van der Waals surface area contributed by atoms with Crippen LogP contribution < -0.4 is 26.6 Å². The third-order valence-corrected chi connectivity index (χ3v) is 11.7. The summed E-state index contributed by atoms with van der Waals surface area (Å²) in [6.07, 6.45) is 12.3. The number of nitrogens with zero attached hydrogens (tertiary/aromatic N) is 1. The molecule has 0 aromatic rings. The molecule has 282 valence electrons. The van der Waals surface area contributed by atoms with Gasteiger partial charge in [0.15, 0.2) is 0 Å². The Morgan fingerprint density at radius 2 is 1.62 bits per heavy atom. The molecule has 1 amide bonds. The molecular weight excluding hydrogens is 617 g/mol. The molecule has 0 spiro atoms. The van der Waals surface area contributed by atoms with Crippen LogP contribution in [-0.2, 0) is 4.79 Å². The number of hydrogen-bond acceptors (Lipinski definition) is 6. The number of hydrogen-bond donors (Lipinski definition) is 5. The normalized spacial score (nSPS) is 23.1. The molecule has 0 aromatic heterocycles. The van der Waals surface area contributed by atoms with Crippen LogP contribution in [0.15, 0.2) is 74.0 Å². The van der Waals surface area contributed by atoms with Crippen molar-refractivity contribution in [1.29, 1.82) is 0 Å². The average Bonchev–Trinajstić information content (AvgIpc) is 3.35. The van der Waals surface area contributed by atoms with Crippen LogP contribution in [0, 0.1) is 28.6 Å². The lowest BCUT2D eigenvalue weighted by molar-refractivity contribution is -0.126. The van der Waals surface area contributed by atoms with E-state index >= 15 is 0 Å².